The van der Waals surface area contributed by atoms with Gasteiger partial charge >= 0.3 is 0 Å². The normalized spacial score (nSPS) is 9.62. The zero-order chi connectivity index (χ0) is 9.68. The molecular formula is C11H16N2. The smallest absolute Gasteiger partial charge is 0.0574 e. The molecule has 0 fully saturated rings. The second-order valence-electron chi connectivity index (χ2n) is 3.09. The summed E-state index contributed by atoms with van der Waals surface area (Å²) in [5.74, 6) is 0. The fraction of sp³-hybridized carbons (Fsp3) is 0.273. The summed E-state index contributed by atoms with van der Waals surface area (Å²) >= 11 is 0. The van der Waals surface area contributed by atoms with E-state index in [0.717, 1.165) is 24.3 Å². The van der Waals surface area contributed by atoms with E-state index >= 15 is 0 Å². The number of nitrogens with two attached hydrogens (primary N) is 1. The lowest BCUT2D eigenvalue weighted by Crippen LogP contribution is -2.03. The van der Waals surface area contributed by atoms with Crippen LogP contribution in [-0.2, 0) is 0 Å². The summed E-state index contributed by atoms with van der Waals surface area (Å²) in [5.41, 5.74) is 8.82. The van der Waals surface area contributed by atoms with Gasteiger partial charge in [0, 0.05) is 6.54 Å². The Morgan fingerprint density at radius 1 is 1.54 bits per heavy atom. The van der Waals surface area contributed by atoms with Crippen molar-refractivity contribution < 1.29 is 0 Å². The average molecular weight is 176 g/mol. The van der Waals surface area contributed by atoms with Crippen LogP contribution in [0.3, 0.4) is 0 Å². The van der Waals surface area contributed by atoms with E-state index in [1.54, 1.807) is 0 Å². The maximum atomic E-state index is 5.82. The van der Waals surface area contributed by atoms with E-state index in [1.165, 1.54) is 5.56 Å². The van der Waals surface area contributed by atoms with Gasteiger partial charge in [0.25, 0.3) is 0 Å². The molecule has 2 nitrogen and oxygen atoms in total. The van der Waals surface area contributed by atoms with Crippen LogP contribution in [0.5, 0.6) is 0 Å². The van der Waals surface area contributed by atoms with Gasteiger partial charge in [0.2, 0.25) is 0 Å². The summed E-state index contributed by atoms with van der Waals surface area (Å²) in [6, 6.07) is 6.02. The van der Waals surface area contributed by atoms with Gasteiger partial charge in [0.15, 0.2) is 0 Å². The highest BCUT2D eigenvalue weighted by Gasteiger charge is 1.96. The van der Waals surface area contributed by atoms with E-state index in [4.69, 9.17) is 5.73 Å². The number of anilines is 2. The highest BCUT2D eigenvalue weighted by Crippen LogP contribution is 2.18. The number of hydrogen-bond acceptors (Lipinski definition) is 2. The van der Waals surface area contributed by atoms with Gasteiger partial charge in [0.05, 0.1) is 11.4 Å². The number of aryl methyl sites for hydroxylation is 1. The molecule has 0 aromatic heterocycles. The molecule has 0 amide bonds. The summed E-state index contributed by atoms with van der Waals surface area (Å²) in [7, 11) is 0. The Morgan fingerprint density at radius 2 is 2.31 bits per heavy atom. The summed E-state index contributed by atoms with van der Waals surface area (Å²) in [5, 5.41) is 3.24. The molecule has 0 saturated carbocycles. The zero-order valence-electron chi connectivity index (χ0n) is 8.01. The van der Waals surface area contributed by atoms with Crippen molar-refractivity contribution in [3.8, 4) is 0 Å². The second kappa shape index (κ2) is 4.55. The first-order valence-corrected chi connectivity index (χ1v) is 4.45. The van der Waals surface area contributed by atoms with E-state index in [9.17, 15) is 0 Å². The SMILES string of the molecule is C=CCCNc1ccc(C)cc1N. The molecular weight excluding hydrogens is 160 g/mol. The first-order chi connectivity index (χ1) is 6.24. The number of nitrogens with one attached hydrogen (secondary N) is 1. The predicted molar refractivity (Wildman–Crippen MR) is 58.9 cm³/mol. The Hall–Kier alpha value is -1.44. The van der Waals surface area contributed by atoms with Crippen molar-refractivity contribution in [2.24, 2.45) is 0 Å². The predicted octanol–water partition coefficient (Wildman–Crippen LogP) is 2.57. The first-order valence-electron chi connectivity index (χ1n) is 4.45. The van der Waals surface area contributed by atoms with E-state index in [1.807, 2.05) is 31.2 Å². The highest BCUT2D eigenvalue weighted by atomic mass is 14.9. The first kappa shape index (κ1) is 9.65. The standard InChI is InChI=1S/C11H16N2/c1-3-4-7-13-11-6-5-9(2)8-10(11)12/h3,5-6,8,13H,1,4,7,12H2,2H3. The van der Waals surface area contributed by atoms with Gasteiger partial charge in [-0.25, -0.2) is 0 Å². The van der Waals surface area contributed by atoms with Gasteiger partial charge < -0.3 is 11.1 Å². The Balaban J connectivity index is 2.61. The van der Waals surface area contributed by atoms with Gasteiger partial charge in [0.1, 0.15) is 0 Å². The molecule has 0 radical (unpaired) electrons. The van der Waals surface area contributed by atoms with Crippen LogP contribution in [0, 0.1) is 6.92 Å². The lowest BCUT2D eigenvalue weighted by molar-refractivity contribution is 1.07. The molecule has 1 aromatic carbocycles. The Bertz CT molecular complexity index is 292. The molecule has 1 aromatic rings. The fourth-order valence-corrected chi connectivity index (χ4v) is 1.15. The molecule has 0 spiro atoms. The Labute approximate surface area is 79.5 Å². The second-order valence-corrected chi connectivity index (χ2v) is 3.09. The Morgan fingerprint density at radius 3 is 2.92 bits per heavy atom. The minimum atomic E-state index is 0.809. The van der Waals surface area contributed by atoms with Crippen LogP contribution in [0.2, 0.25) is 0 Å². The minimum absolute atomic E-state index is 0.809. The van der Waals surface area contributed by atoms with Crippen LogP contribution in [0.25, 0.3) is 0 Å². The van der Waals surface area contributed by atoms with Crippen LogP contribution in [0.1, 0.15) is 12.0 Å². The highest BCUT2D eigenvalue weighted by molar-refractivity contribution is 5.66. The van der Waals surface area contributed by atoms with E-state index < -0.39 is 0 Å². The summed E-state index contributed by atoms with van der Waals surface area (Å²) in [6.45, 7) is 6.57. The molecule has 3 N–H and O–H groups in total. The molecule has 0 aliphatic heterocycles. The van der Waals surface area contributed by atoms with Crippen molar-refractivity contribution in [1.82, 2.24) is 0 Å². The quantitative estimate of drug-likeness (QED) is 0.420. The van der Waals surface area contributed by atoms with E-state index in [-0.39, 0.29) is 0 Å². The summed E-state index contributed by atoms with van der Waals surface area (Å²) < 4.78 is 0. The lowest BCUT2D eigenvalue weighted by Gasteiger charge is -2.08. The van der Waals surface area contributed by atoms with Crippen molar-refractivity contribution >= 4 is 11.4 Å². The van der Waals surface area contributed by atoms with Gasteiger partial charge in [-0.15, -0.1) is 6.58 Å². The zero-order valence-corrected chi connectivity index (χ0v) is 8.01. The molecule has 0 unspecified atom stereocenters. The molecule has 1 rings (SSSR count). The molecule has 0 atom stereocenters. The van der Waals surface area contributed by atoms with Crippen LogP contribution in [-0.4, -0.2) is 6.54 Å². The summed E-state index contributed by atoms with van der Waals surface area (Å²) in [4.78, 5) is 0. The van der Waals surface area contributed by atoms with Gasteiger partial charge in [-0.1, -0.05) is 12.1 Å². The van der Waals surface area contributed by atoms with Crippen molar-refractivity contribution in [3.05, 3.63) is 36.4 Å². The fourth-order valence-electron chi connectivity index (χ4n) is 1.15. The lowest BCUT2D eigenvalue weighted by atomic mass is 10.2. The maximum Gasteiger partial charge on any atom is 0.0574 e. The Kier molecular flexibility index (Phi) is 3.38. The molecule has 0 bridgehead atoms. The van der Waals surface area contributed by atoms with Crippen LogP contribution < -0.4 is 11.1 Å². The minimum Gasteiger partial charge on any atom is -0.397 e. The van der Waals surface area contributed by atoms with Crippen molar-refractivity contribution in [1.29, 1.82) is 0 Å². The van der Waals surface area contributed by atoms with Crippen LogP contribution >= 0.6 is 0 Å². The number of nitrogen functional groups attached to an aromatic ring is 1. The van der Waals surface area contributed by atoms with E-state index in [0.29, 0.717) is 0 Å². The van der Waals surface area contributed by atoms with Gasteiger partial charge in [-0.05, 0) is 31.0 Å². The van der Waals surface area contributed by atoms with Crippen molar-refractivity contribution in [3.63, 3.8) is 0 Å². The number of rotatable bonds is 4. The monoisotopic (exact) mass is 176 g/mol. The third kappa shape index (κ3) is 2.82. The van der Waals surface area contributed by atoms with Crippen molar-refractivity contribution in [2.45, 2.75) is 13.3 Å². The summed E-state index contributed by atoms with van der Waals surface area (Å²) in [6.07, 6.45) is 2.84. The van der Waals surface area contributed by atoms with Crippen LogP contribution in [0.15, 0.2) is 30.9 Å². The molecule has 0 aliphatic rings. The molecule has 0 aliphatic carbocycles. The topological polar surface area (TPSA) is 38.0 Å². The molecule has 13 heavy (non-hydrogen) atoms. The van der Waals surface area contributed by atoms with Crippen LogP contribution in [0.4, 0.5) is 11.4 Å². The number of benzene rings is 1. The molecule has 70 valence electrons. The third-order valence-electron chi connectivity index (χ3n) is 1.87. The van der Waals surface area contributed by atoms with E-state index in [2.05, 4.69) is 11.9 Å². The van der Waals surface area contributed by atoms with Gasteiger partial charge in [-0.3, -0.25) is 0 Å². The molecule has 0 saturated heterocycles. The maximum absolute atomic E-state index is 5.82. The van der Waals surface area contributed by atoms with Gasteiger partial charge in [-0.2, -0.15) is 0 Å². The number of hydrogen-bond donors (Lipinski definition) is 2. The largest absolute Gasteiger partial charge is 0.397 e. The molecule has 0 heterocycles. The molecule has 2 heteroatoms. The third-order valence-corrected chi connectivity index (χ3v) is 1.87. The van der Waals surface area contributed by atoms with Crippen molar-refractivity contribution in [2.75, 3.05) is 17.6 Å². The average Bonchev–Trinajstić information content (AvgIpc) is 2.09.